The minimum absolute atomic E-state index is 0.202. The lowest BCUT2D eigenvalue weighted by atomic mass is 10.2. The van der Waals surface area contributed by atoms with Crippen LogP contribution in [0.3, 0.4) is 0 Å². The summed E-state index contributed by atoms with van der Waals surface area (Å²) in [5, 5.41) is 1.17. The number of thiophene rings is 1. The predicted octanol–water partition coefficient (Wildman–Crippen LogP) is 3.91. The quantitative estimate of drug-likeness (QED) is 0.818. The maximum absolute atomic E-state index is 12.6. The van der Waals surface area contributed by atoms with Crippen LogP contribution in [0.4, 0.5) is 0 Å². The van der Waals surface area contributed by atoms with Crippen molar-refractivity contribution in [1.82, 2.24) is 4.90 Å². The van der Waals surface area contributed by atoms with Crippen molar-refractivity contribution < 1.29 is 4.79 Å². The number of hydrogen-bond acceptors (Lipinski definition) is 2. The molecular formula is C15H17NOS. The minimum atomic E-state index is 0.202. The SMILES string of the molecule is CC(C)N(C(=O)c1cc2ccccc2s1)C1CC1. The normalized spacial score (nSPS) is 15.3. The third kappa shape index (κ3) is 2.03. The molecule has 0 N–H and O–H groups in total. The Balaban J connectivity index is 1.95. The van der Waals surface area contributed by atoms with Gasteiger partial charge in [0.15, 0.2) is 0 Å². The molecule has 3 rings (SSSR count). The van der Waals surface area contributed by atoms with Crippen LogP contribution in [0.5, 0.6) is 0 Å². The van der Waals surface area contributed by atoms with Gasteiger partial charge in [-0.05, 0) is 44.2 Å². The zero-order valence-corrected chi connectivity index (χ0v) is 11.5. The maximum atomic E-state index is 12.6. The molecule has 0 saturated heterocycles. The van der Waals surface area contributed by atoms with Crippen molar-refractivity contribution in [2.24, 2.45) is 0 Å². The number of benzene rings is 1. The summed E-state index contributed by atoms with van der Waals surface area (Å²) in [6.07, 6.45) is 2.32. The van der Waals surface area contributed by atoms with Gasteiger partial charge >= 0.3 is 0 Å². The number of rotatable bonds is 3. The Labute approximate surface area is 111 Å². The highest BCUT2D eigenvalue weighted by molar-refractivity contribution is 7.20. The molecule has 1 fully saturated rings. The van der Waals surface area contributed by atoms with Crippen LogP contribution in [-0.2, 0) is 0 Å². The van der Waals surface area contributed by atoms with Gasteiger partial charge in [0.1, 0.15) is 0 Å². The summed E-state index contributed by atoms with van der Waals surface area (Å²) in [5.74, 6) is 0.202. The average Bonchev–Trinajstić information content (AvgIpc) is 3.06. The van der Waals surface area contributed by atoms with E-state index in [1.54, 1.807) is 11.3 Å². The van der Waals surface area contributed by atoms with Gasteiger partial charge in [-0.25, -0.2) is 0 Å². The third-order valence-electron chi connectivity index (χ3n) is 3.37. The van der Waals surface area contributed by atoms with Gasteiger partial charge in [0.2, 0.25) is 0 Å². The minimum Gasteiger partial charge on any atom is -0.333 e. The fourth-order valence-corrected chi connectivity index (χ4v) is 3.40. The summed E-state index contributed by atoms with van der Waals surface area (Å²) < 4.78 is 1.19. The zero-order valence-electron chi connectivity index (χ0n) is 10.7. The molecule has 94 valence electrons. The van der Waals surface area contributed by atoms with Crippen LogP contribution in [0, 0.1) is 0 Å². The number of fused-ring (bicyclic) bond motifs is 1. The van der Waals surface area contributed by atoms with Crippen LogP contribution in [0.2, 0.25) is 0 Å². The van der Waals surface area contributed by atoms with Crippen LogP contribution in [0.15, 0.2) is 30.3 Å². The molecule has 0 spiro atoms. The van der Waals surface area contributed by atoms with E-state index >= 15 is 0 Å². The van der Waals surface area contributed by atoms with E-state index in [0.717, 1.165) is 17.7 Å². The van der Waals surface area contributed by atoms with Gasteiger partial charge in [-0.1, -0.05) is 18.2 Å². The van der Waals surface area contributed by atoms with E-state index in [1.165, 1.54) is 10.1 Å². The van der Waals surface area contributed by atoms with Crippen molar-refractivity contribution >= 4 is 27.3 Å². The van der Waals surface area contributed by atoms with Crippen LogP contribution in [0.1, 0.15) is 36.4 Å². The van der Waals surface area contributed by atoms with E-state index in [4.69, 9.17) is 0 Å². The Morgan fingerprint density at radius 1 is 1.33 bits per heavy atom. The van der Waals surface area contributed by atoms with E-state index in [2.05, 4.69) is 26.0 Å². The summed E-state index contributed by atoms with van der Waals surface area (Å²) in [6.45, 7) is 4.20. The molecule has 1 saturated carbocycles. The molecule has 0 aliphatic heterocycles. The van der Waals surface area contributed by atoms with Crippen LogP contribution < -0.4 is 0 Å². The molecule has 0 radical (unpaired) electrons. The average molecular weight is 259 g/mol. The molecular weight excluding hydrogens is 242 g/mol. The lowest BCUT2D eigenvalue weighted by molar-refractivity contribution is 0.0695. The van der Waals surface area contributed by atoms with Crippen molar-refractivity contribution in [1.29, 1.82) is 0 Å². The van der Waals surface area contributed by atoms with Crippen LogP contribution in [-0.4, -0.2) is 22.9 Å². The highest BCUT2D eigenvalue weighted by Gasteiger charge is 2.35. The van der Waals surface area contributed by atoms with E-state index in [1.807, 2.05) is 23.1 Å². The van der Waals surface area contributed by atoms with E-state index in [-0.39, 0.29) is 11.9 Å². The molecule has 3 heteroatoms. The second-order valence-electron chi connectivity index (χ2n) is 5.19. The largest absolute Gasteiger partial charge is 0.333 e. The monoisotopic (exact) mass is 259 g/mol. The summed E-state index contributed by atoms with van der Waals surface area (Å²) in [6, 6.07) is 11.0. The Morgan fingerprint density at radius 3 is 2.67 bits per heavy atom. The standard InChI is InChI=1S/C15H17NOS/c1-10(2)16(12-7-8-12)15(17)14-9-11-5-3-4-6-13(11)18-14/h3-6,9-10,12H,7-8H2,1-2H3. The molecule has 1 aromatic heterocycles. The first kappa shape index (κ1) is 11.7. The number of nitrogens with zero attached hydrogens (tertiary/aromatic N) is 1. The smallest absolute Gasteiger partial charge is 0.264 e. The van der Waals surface area contributed by atoms with Crippen LogP contribution in [0.25, 0.3) is 10.1 Å². The second-order valence-corrected chi connectivity index (χ2v) is 6.27. The van der Waals surface area contributed by atoms with Gasteiger partial charge in [0.05, 0.1) is 4.88 Å². The van der Waals surface area contributed by atoms with E-state index in [9.17, 15) is 4.79 Å². The molecule has 0 atom stereocenters. The van der Waals surface area contributed by atoms with Crippen molar-refractivity contribution in [3.63, 3.8) is 0 Å². The van der Waals surface area contributed by atoms with Crippen LogP contribution >= 0.6 is 11.3 Å². The molecule has 0 bridgehead atoms. The predicted molar refractivity (Wildman–Crippen MR) is 76.2 cm³/mol. The van der Waals surface area contributed by atoms with Gasteiger partial charge in [0, 0.05) is 16.8 Å². The van der Waals surface area contributed by atoms with Gasteiger partial charge in [-0.3, -0.25) is 4.79 Å². The third-order valence-corrected chi connectivity index (χ3v) is 4.47. The summed E-state index contributed by atoms with van der Waals surface area (Å²) in [5.41, 5.74) is 0. The van der Waals surface area contributed by atoms with Gasteiger partial charge in [-0.15, -0.1) is 11.3 Å². The number of amides is 1. The molecule has 18 heavy (non-hydrogen) atoms. The maximum Gasteiger partial charge on any atom is 0.264 e. The number of hydrogen-bond donors (Lipinski definition) is 0. The zero-order chi connectivity index (χ0) is 12.7. The topological polar surface area (TPSA) is 20.3 Å². The fourth-order valence-electron chi connectivity index (χ4n) is 2.39. The molecule has 2 aromatic rings. The molecule has 2 nitrogen and oxygen atoms in total. The Morgan fingerprint density at radius 2 is 2.06 bits per heavy atom. The Hall–Kier alpha value is -1.35. The highest BCUT2D eigenvalue weighted by atomic mass is 32.1. The Bertz CT molecular complexity index is 548. The van der Waals surface area contributed by atoms with Gasteiger partial charge < -0.3 is 4.90 Å². The number of carbonyl (C=O) groups excluding carboxylic acids is 1. The van der Waals surface area contributed by atoms with Crippen molar-refractivity contribution in [3.05, 3.63) is 35.2 Å². The molecule has 1 heterocycles. The van der Waals surface area contributed by atoms with E-state index in [0.29, 0.717) is 6.04 Å². The summed E-state index contributed by atoms with van der Waals surface area (Å²) in [7, 11) is 0. The lowest BCUT2D eigenvalue weighted by Crippen LogP contribution is -2.38. The van der Waals surface area contributed by atoms with Gasteiger partial charge in [-0.2, -0.15) is 0 Å². The fraction of sp³-hybridized carbons (Fsp3) is 0.400. The lowest BCUT2D eigenvalue weighted by Gasteiger charge is -2.26. The Kier molecular flexibility index (Phi) is 2.86. The summed E-state index contributed by atoms with van der Waals surface area (Å²) in [4.78, 5) is 15.5. The van der Waals surface area contributed by atoms with Crippen molar-refractivity contribution in [2.45, 2.75) is 38.8 Å². The molecule has 0 unspecified atom stereocenters. The van der Waals surface area contributed by atoms with E-state index < -0.39 is 0 Å². The highest BCUT2D eigenvalue weighted by Crippen LogP contribution is 2.33. The first-order valence-corrected chi connectivity index (χ1v) is 7.29. The van der Waals surface area contributed by atoms with Gasteiger partial charge in [0.25, 0.3) is 5.91 Å². The molecule has 1 aromatic carbocycles. The van der Waals surface area contributed by atoms with Crippen molar-refractivity contribution in [2.75, 3.05) is 0 Å². The molecule has 1 aliphatic carbocycles. The summed E-state index contributed by atoms with van der Waals surface area (Å²) >= 11 is 1.61. The van der Waals surface area contributed by atoms with Crippen molar-refractivity contribution in [3.8, 4) is 0 Å². The first-order chi connectivity index (χ1) is 8.66. The molecule has 1 aliphatic rings. The first-order valence-electron chi connectivity index (χ1n) is 6.48. The second kappa shape index (κ2) is 4.39. The number of carbonyl (C=O) groups is 1. The molecule has 1 amide bonds.